The van der Waals surface area contributed by atoms with Gasteiger partial charge < -0.3 is 15.2 Å². The first-order chi connectivity index (χ1) is 17.6. The van der Waals surface area contributed by atoms with Crippen LogP contribution in [-0.2, 0) is 27.8 Å². The minimum Gasteiger partial charge on any atom is -0.464 e. The van der Waals surface area contributed by atoms with Crippen LogP contribution in [0, 0.1) is 11.2 Å². The molecule has 0 saturated carbocycles. The van der Waals surface area contributed by atoms with Crippen LogP contribution in [0.25, 0.3) is 0 Å². The molecule has 1 amide bonds. The number of thiazole rings is 1. The highest BCUT2D eigenvalue weighted by Crippen LogP contribution is 2.39. The lowest BCUT2D eigenvalue weighted by atomic mass is 9.78. The fourth-order valence-electron chi connectivity index (χ4n) is 4.55. The van der Waals surface area contributed by atoms with Crippen molar-refractivity contribution in [1.82, 2.24) is 9.88 Å². The molecule has 5 rings (SSSR count). The summed E-state index contributed by atoms with van der Waals surface area (Å²) in [5, 5.41) is 14.1. The van der Waals surface area contributed by atoms with Crippen LogP contribution < -0.4 is 9.62 Å². The molecule has 0 bridgehead atoms. The fraction of sp³-hybridized carbons (Fsp3) is 0.304. The van der Waals surface area contributed by atoms with Gasteiger partial charge in [0, 0.05) is 42.0 Å². The molecule has 0 unspecified atom stereocenters. The minimum absolute atomic E-state index is 0.0109. The summed E-state index contributed by atoms with van der Waals surface area (Å²) in [4.78, 5) is 16.8. The number of rotatable bonds is 8. The van der Waals surface area contributed by atoms with Gasteiger partial charge in [-0.3, -0.25) is 4.90 Å². The third-order valence-corrected chi connectivity index (χ3v) is 9.27. The number of carboxylic acid groups (broad SMARTS) is 1. The van der Waals surface area contributed by atoms with Gasteiger partial charge in [-0.2, -0.15) is 0 Å². The number of carbonyl (C=O) groups is 1. The zero-order chi connectivity index (χ0) is 26.4. The molecular formula is C23H21Cl2FN4O5S2. The van der Waals surface area contributed by atoms with E-state index in [1.165, 1.54) is 10.9 Å². The van der Waals surface area contributed by atoms with Crippen molar-refractivity contribution in [3.05, 3.63) is 68.2 Å². The molecule has 0 aliphatic carbocycles. The molecule has 196 valence electrons. The van der Waals surface area contributed by atoms with Crippen molar-refractivity contribution in [2.75, 3.05) is 35.9 Å². The van der Waals surface area contributed by atoms with Crippen molar-refractivity contribution < 1.29 is 27.4 Å². The molecule has 1 spiro atoms. The quantitative estimate of drug-likeness (QED) is 0.383. The number of aromatic nitrogens is 1. The average Bonchev–Trinajstić information content (AvgIpc) is 3.29. The van der Waals surface area contributed by atoms with Gasteiger partial charge in [0.05, 0.1) is 29.4 Å². The lowest BCUT2D eigenvalue weighted by Crippen LogP contribution is -2.65. The summed E-state index contributed by atoms with van der Waals surface area (Å²) in [7, 11) is -4.84. The first-order valence-electron chi connectivity index (χ1n) is 11.1. The van der Waals surface area contributed by atoms with Gasteiger partial charge in [0.15, 0.2) is 5.82 Å². The Balaban J connectivity index is 1.35. The summed E-state index contributed by atoms with van der Waals surface area (Å²) in [5.74, 6) is -1.53. The SMILES string of the molecule is O=C(O)N(c1cscn1)S(=O)(=O)c1cc(Cl)c(NCc2c(Cl)cccc2CN2CC3(COC3)C2)cc1F. The summed E-state index contributed by atoms with van der Waals surface area (Å²) in [5.41, 5.74) is 3.49. The standard InChI is InChI=1S/C23H21Cl2FN4O5S2/c24-16-3-1-2-14(7-29-9-23(10-29)11-35-12-23)15(16)6-27-19-5-18(26)20(4-17(19)25)37(33,34)30(22(31)32)21-8-36-13-28-21/h1-5,8,13,27H,6-7,9-12H2,(H,31,32). The third-order valence-electron chi connectivity index (χ3n) is 6.34. The van der Waals surface area contributed by atoms with Crippen molar-refractivity contribution in [3.63, 3.8) is 0 Å². The van der Waals surface area contributed by atoms with Gasteiger partial charge in [0.2, 0.25) is 0 Å². The Bertz CT molecular complexity index is 1440. The van der Waals surface area contributed by atoms with Gasteiger partial charge in [0.25, 0.3) is 10.0 Å². The van der Waals surface area contributed by atoms with E-state index >= 15 is 4.39 Å². The summed E-state index contributed by atoms with van der Waals surface area (Å²) < 4.78 is 46.4. The molecule has 14 heteroatoms. The Kier molecular flexibility index (Phi) is 7.07. The average molecular weight is 587 g/mol. The van der Waals surface area contributed by atoms with E-state index in [0.717, 1.165) is 60.9 Å². The monoisotopic (exact) mass is 586 g/mol. The fourth-order valence-corrected chi connectivity index (χ4v) is 7.01. The van der Waals surface area contributed by atoms with Gasteiger partial charge in [-0.15, -0.1) is 15.6 Å². The van der Waals surface area contributed by atoms with Crippen molar-refractivity contribution >= 4 is 62.2 Å². The smallest absolute Gasteiger partial charge is 0.427 e. The lowest BCUT2D eigenvalue weighted by Gasteiger charge is -2.55. The second kappa shape index (κ2) is 10.0. The van der Waals surface area contributed by atoms with Crippen LogP contribution >= 0.6 is 34.5 Å². The molecule has 3 aromatic rings. The van der Waals surface area contributed by atoms with Gasteiger partial charge in [0.1, 0.15) is 10.7 Å². The van der Waals surface area contributed by atoms with Gasteiger partial charge >= 0.3 is 6.09 Å². The van der Waals surface area contributed by atoms with Gasteiger partial charge in [-0.25, -0.2) is 22.6 Å². The van der Waals surface area contributed by atoms with Crippen LogP contribution in [0.4, 0.5) is 20.7 Å². The van der Waals surface area contributed by atoms with Gasteiger partial charge in [-0.1, -0.05) is 35.3 Å². The molecule has 0 atom stereocenters. The number of sulfonamides is 1. The number of nitrogens with one attached hydrogen (secondary N) is 1. The number of hydrogen-bond acceptors (Lipinski definition) is 8. The first kappa shape index (κ1) is 26.1. The second-order valence-electron chi connectivity index (χ2n) is 9.03. The maximum atomic E-state index is 15.1. The van der Waals surface area contributed by atoms with E-state index in [2.05, 4.69) is 15.2 Å². The predicted octanol–water partition coefficient (Wildman–Crippen LogP) is 4.91. The number of halogens is 3. The Morgan fingerprint density at radius 1 is 1.27 bits per heavy atom. The van der Waals surface area contributed by atoms with E-state index in [-0.39, 0.29) is 32.8 Å². The van der Waals surface area contributed by atoms with Crippen LogP contribution in [0.1, 0.15) is 11.1 Å². The Hall–Kier alpha value is -2.48. The number of likely N-dealkylation sites (tertiary alicyclic amines) is 1. The molecule has 2 fully saturated rings. The minimum atomic E-state index is -4.84. The number of anilines is 2. The van der Waals surface area contributed by atoms with E-state index in [4.69, 9.17) is 27.9 Å². The molecular weight excluding hydrogens is 566 g/mol. The molecule has 3 heterocycles. The Morgan fingerprint density at radius 3 is 2.65 bits per heavy atom. The maximum Gasteiger partial charge on any atom is 0.427 e. The van der Waals surface area contributed by atoms with Crippen LogP contribution in [0.3, 0.4) is 0 Å². The second-order valence-corrected chi connectivity index (χ2v) is 12.3. The third kappa shape index (κ3) is 5.01. The first-order valence-corrected chi connectivity index (χ1v) is 14.2. The van der Waals surface area contributed by atoms with Crippen molar-refractivity contribution in [2.45, 2.75) is 18.0 Å². The van der Waals surface area contributed by atoms with E-state index in [1.54, 1.807) is 6.07 Å². The molecule has 37 heavy (non-hydrogen) atoms. The van der Waals surface area contributed by atoms with Crippen LogP contribution in [-0.4, -0.2) is 55.8 Å². The summed E-state index contributed by atoms with van der Waals surface area (Å²) in [6.07, 6.45) is -1.83. The van der Waals surface area contributed by atoms with Crippen molar-refractivity contribution in [1.29, 1.82) is 0 Å². The van der Waals surface area contributed by atoms with Crippen molar-refractivity contribution in [3.8, 4) is 0 Å². The van der Waals surface area contributed by atoms with Crippen molar-refractivity contribution in [2.24, 2.45) is 5.41 Å². The van der Waals surface area contributed by atoms with Gasteiger partial charge in [-0.05, 0) is 29.3 Å². The molecule has 9 nitrogen and oxygen atoms in total. The number of amides is 1. The van der Waals surface area contributed by atoms with E-state index < -0.39 is 26.8 Å². The molecule has 2 saturated heterocycles. The zero-order valence-electron chi connectivity index (χ0n) is 19.2. The summed E-state index contributed by atoms with van der Waals surface area (Å²) in [6.45, 7) is 4.39. The largest absolute Gasteiger partial charge is 0.464 e. The molecule has 0 radical (unpaired) electrons. The predicted molar refractivity (Wildman–Crippen MR) is 139 cm³/mol. The number of nitrogens with zero attached hydrogens (tertiary/aromatic N) is 3. The topological polar surface area (TPSA) is 112 Å². The zero-order valence-corrected chi connectivity index (χ0v) is 22.3. The van der Waals surface area contributed by atoms with Crippen LogP contribution in [0.5, 0.6) is 0 Å². The summed E-state index contributed by atoms with van der Waals surface area (Å²) >= 11 is 13.8. The highest BCUT2D eigenvalue weighted by molar-refractivity contribution is 7.93. The molecule has 2 aliphatic rings. The number of benzene rings is 2. The molecule has 2 aromatic carbocycles. The van der Waals surface area contributed by atoms with Crippen LogP contribution in [0.2, 0.25) is 10.0 Å². The maximum absolute atomic E-state index is 15.1. The lowest BCUT2D eigenvalue weighted by molar-refractivity contribution is -0.191. The molecule has 2 N–H and O–H groups in total. The normalized spacial score (nSPS) is 16.7. The Labute approximate surface area is 226 Å². The van der Waals surface area contributed by atoms with Crippen LogP contribution in [0.15, 0.2) is 46.1 Å². The summed E-state index contributed by atoms with van der Waals surface area (Å²) in [6, 6.07) is 7.40. The van der Waals surface area contributed by atoms with E-state index in [0.29, 0.717) is 11.6 Å². The number of hydrogen-bond donors (Lipinski definition) is 2. The Morgan fingerprint density at radius 2 is 2.03 bits per heavy atom. The number of ether oxygens (including phenoxy) is 1. The van der Waals surface area contributed by atoms with E-state index in [9.17, 15) is 18.3 Å². The molecule has 2 aliphatic heterocycles. The van der Waals surface area contributed by atoms with E-state index in [1.807, 2.05) is 12.1 Å². The highest BCUT2D eigenvalue weighted by atomic mass is 35.5. The highest BCUT2D eigenvalue weighted by Gasteiger charge is 2.48. The molecule has 1 aromatic heterocycles.